The van der Waals surface area contributed by atoms with Gasteiger partial charge in [0.1, 0.15) is 17.4 Å². The first-order chi connectivity index (χ1) is 26.8. The predicted molar refractivity (Wildman–Crippen MR) is 217 cm³/mol. The van der Waals surface area contributed by atoms with Gasteiger partial charge in [0.25, 0.3) is 0 Å². The third kappa shape index (κ3) is 10.2. The van der Waals surface area contributed by atoms with Crippen LogP contribution in [0.1, 0.15) is 101 Å². The number of amides is 5. The Bertz CT molecular complexity index is 2030. The van der Waals surface area contributed by atoms with Gasteiger partial charge in [-0.15, -0.1) is 0 Å². The van der Waals surface area contributed by atoms with E-state index in [9.17, 15) is 28.8 Å². The summed E-state index contributed by atoms with van der Waals surface area (Å²) in [6.07, 6.45) is 4.68. The molecule has 2 aromatic heterocycles. The van der Waals surface area contributed by atoms with Gasteiger partial charge in [0.2, 0.25) is 23.7 Å². The normalized spacial score (nSPS) is 16.5. The lowest BCUT2D eigenvalue weighted by atomic mass is 9.87. The van der Waals surface area contributed by atoms with Crippen molar-refractivity contribution in [2.75, 3.05) is 22.1 Å². The summed E-state index contributed by atoms with van der Waals surface area (Å²) in [7, 11) is 0. The molecule has 1 saturated heterocycles. The second-order valence-corrected chi connectivity index (χ2v) is 16.4. The van der Waals surface area contributed by atoms with Crippen LogP contribution in [0.25, 0.3) is 0 Å². The van der Waals surface area contributed by atoms with Crippen molar-refractivity contribution < 1.29 is 28.8 Å². The Morgan fingerprint density at radius 3 is 2.39 bits per heavy atom. The Morgan fingerprint density at radius 1 is 1.00 bits per heavy atom. The number of hydrogen-bond acceptors (Lipinski definition) is 10. The van der Waals surface area contributed by atoms with Gasteiger partial charge in [-0.3, -0.25) is 39.2 Å². The Morgan fingerprint density at radius 2 is 1.74 bits per heavy atom. The second kappa shape index (κ2) is 17.6. The average Bonchev–Trinajstić information content (AvgIpc) is 3.64. The summed E-state index contributed by atoms with van der Waals surface area (Å²) in [6.45, 7) is 16.5. The summed E-state index contributed by atoms with van der Waals surface area (Å²) in [5, 5.41) is 11.5. The molecule has 304 valence electrons. The average molecular weight is 782 g/mol. The van der Waals surface area contributed by atoms with Gasteiger partial charge in [-0.25, -0.2) is 9.78 Å². The maximum absolute atomic E-state index is 14.2. The fourth-order valence-electron chi connectivity index (χ4n) is 7.07. The standard InChI is InChI=1S/C42H55N9O6/c1-23(2)17-32(27(7)52)46-39(56)42(8,9)49-37(54)33-11-10-16-50(33)38(55)31(24(3)4)19-35(53)28-14-12-25(5)34(18-28)51-22-29-20-44-40(47-36(29)48-41(51)57)45-30-15-13-26(6)43-21-30/h12-15,18,20-21,23-24,31-33H,10-11,16-17,19,22H2,1-9H3,(H,46,56)(H,49,54)(H2,44,45,47,48,57)/t31-,32-,33-/m0/s1. The summed E-state index contributed by atoms with van der Waals surface area (Å²) in [6, 6.07) is 6.95. The molecule has 0 saturated carbocycles. The van der Waals surface area contributed by atoms with Crippen LogP contribution in [0, 0.1) is 31.6 Å². The number of ketones is 2. The largest absolute Gasteiger partial charge is 0.344 e. The van der Waals surface area contributed by atoms with Crippen LogP contribution >= 0.6 is 0 Å². The number of benzene rings is 1. The number of aromatic nitrogens is 3. The van der Waals surface area contributed by atoms with Gasteiger partial charge in [0.15, 0.2) is 11.6 Å². The van der Waals surface area contributed by atoms with Gasteiger partial charge in [-0.1, -0.05) is 39.8 Å². The van der Waals surface area contributed by atoms with Crippen molar-refractivity contribution in [1.82, 2.24) is 30.5 Å². The minimum atomic E-state index is -1.35. The maximum Gasteiger partial charge on any atom is 0.327 e. The van der Waals surface area contributed by atoms with Crippen LogP contribution in [0.4, 0.5) is 27.9 Å². The van der Waals surface area contributed by atoms with E-state index in [1.54, 1.807) is 44.4 Å². The molecule has 15 heteroatoms. The first-order valence-electron chi connectivity index (χ1n) is 19.6. The SMILES string of the molecule is CC(=O)[C@H](CC(C)C)NC(=O)C(C)(C)NC(=O)[C@@H]1CCCN1C(=O)[C@@H](CC(=O)c1ccc(C)c(N2Cc3cnc(Nc4ccc(C)nc4)nc3NC2=O)c1)C(C)C. The highest BCUT2D eigenvalue weighted by molar-refractivity contribution is 6.06. The molecule has 2 aliphatic rings. The number of nitrogens with zero attached hydrogens (tertiary/aromatic N) is 5. The number of nitrogens with one attached hydrogen (secondary N) is 4. The summed E-state index contributed by atoms with van der Waals surface area (Å²) in [5.41, 5.74) is 2.56. The molecule has 3 atom stereocenters. The Kier molecular flexibility index (Phi) is 13.1. The smallest absolute Gasteiger partial charge is 0.327 e. The van der Waals surface area contributed by atoms with E-state index in [4.69, 9.17) is 0 Å². The number of Topliss-reactive ketones (excluding diaryl/α,β-unsaturated/α-hetero) is 2. The third-order valence-electron chi connectivity index (χ3n) is 10.5. The highest BCUT2D eigenvalue weighted by Crippen LogP contribution is 2.32. The van der Waals surface area contributed by atoms with E-state index in [-0.39, 0.29) is 42.3 Å². The number of pyridine rings is 1. The van der Waals surface area contributed by atoms with Crippen LogP contribution in [0.2, 0.25) is 0 Å². The number of likely N-dealkylation sites (tertiary alicyclic amines) is 1. The number of rotatable bonds is 15. The van der Waals surface area contributed by atoms with Gasteiger partial charge in [-0.2, -0.15) is 4.98 Å². The number of carbonyl (C=O) groups excluding carboxylic acids is 6. The highest BCUT2D eigenvalue weighted by atomic mass is 16.2. The van der Waals surface area contributed by atoms with E-state index in [1.165, 1.54) is 16.7 Å². The fraction of sp³-hybridized carbons (Fsp3) is 0.500. The van der Waals surface area contributed by atoms with Crippen molar-refractivity contribution in [2.24, 2.45) is 17.8 Å². The summed E-state index contributed by atoms with van der Waals surface area (Å²) in [4.78, 5) is 96.9. The molecule has 15 nitrogen and oxygen atoms in total. The van der Waals surface area contributed by atoms with E-state index in [0.29, 0.717) is 60.1 Å². The van der Waals surface area contributed by atoms with E-state index in [1.807, 2.05) is 53.7 Å². The molecule has 57 heavy (non-hydrogen) atoms. The Balaban J connectivity index is 1.26. The van der Waals surface area contributed by atoms with Crippen LogP contribution in [-0.4, -0.2) is 79.3 Å². The van der Waals surface area contributed by atoms with E-state index in [2.05, 4.69) is 36.2 Å². The highest BCUT2D eigenvalue weighted by Gasteiger charge is 2.42. The zero-order valence-electron chi connectivity index (χ0n) is 34.4. The summed E-state index contributed by atoms with van der Waals surface area (Å²) >= 11 is 0. The first-order valence-corrected chi connectivity index (χ1v) is 19.6. The zero-order valence-corrected chi connectivity index (χ0v) is 34.4. The van der Waals surface area contributed by atoms with Gasteiger partial charge in [-0.05, 0) is 89.5 Å². The number of anilines is 4. The number of fused-ring (bicyclic) bond motifs is 1. The summed E-state index contributed by atoms with van der Waals surface area (Å²) in [5.74, 6) is -1.80. The number of hydrogen-bond donors (Lipinski definition) is 4. The van der Waals surface area contributed by atoms with Crippen molar-refractivity contribution in [3.63, 3.8) is 0 Å². The monoisotopic (exact) mass is 781 g/mol. The Hall–Kier alpha value is -5.73. The van der Waals surface area contributed by atoms with Crippen LogP contribution in [-0.2, 0) is 25.7 Å². The van der Waals surface area contributed by atoms with Crippen LogP contribution in [0.15, 0.2) is 42.7 Å². The molecule has 0 spiro atoms. The molecule has 3 aromatic rings. The molecule has 0 bridgehead atoms. The fourth-order valence-corrected chi connectivity index (χ4v) is 7.07. The minimum absolute atomic E-state index is 0.102. The molecule has 5 amide bonds. The van der Waals surface area contributed by atoms with Crippen LogP contribution in [0.5, 0.6) is 0 Å². The quantitative estimate of drug-likeness (QED) is 0.140. The molecule has 4 N–H and O–H groups in total. The second-order valence-electron chi connectivity index (χ2n) is 16.4. The molecule has 1 fully saturated rings. The number of aryl methyl sites for hydroxylation is 2. The van der Waals surface area contributed by atoms with Gasteiger partial charge in [0, 0.05) is 47.6 Å². The number of carbonyl (C=O) groups is 6. The van der Waals surface area contributed by atoms with Crippen LogP contribution < -0.4 is 26.2 Å². The Labute approximate surface area is 334 Å². The number of urea groups is 1. The van der Waals surface area contributed by atoms with E-state index < -0.39 is 41.4 Å². The van der Waals surface area contributed by atoms with Crippen molar-refractivity contribution >= 4 is 58.5 Å². The lowest BCUT2D eigenvalue weighted by Gasteiger charge is -2.33. The van der Waals surface area contributed by atoms with Crippen LogP contribution in [0.3, 0.4) is 0 Å². The van der Waals surface area contributed by atoms with Gasteiger partial charge in [0.05, 0.1) is 24.5 Å². The molecule has 1 aromatic carbocycles. The molecule has 5 rings (SSSR count). The molecule has 0 unspecified atom stereocenters. The van der Waals surface area contributed by atoms with Gasteiger partial charge >= 0.3 is 6.03 Å². The predicted octanol–water partition coefficient (Wildman–Crippen LogP) is 5.63. The minimum Gasteiger partial charge on any atom is -0.344 e. The lowest BCUT2D eigenvalue weighted by molar-refractivity contribution is -0.144. The van der Waals surface area contributed by atoms with Crippen molar-refractivity contribution in [3.05, 3.63) is 65.1 Å². The molecule has 0 radical (unpaired) electrons. The maximum atomic E-state index is 14.2. The van der Waals surface area contributed by atoms with Crippen molar-refractivity contribution in [1.29, 1.82) is 0 Å². The van der Waals surface area contributed by atoms with E-state index >= 15 is 0 Å². The first kappa shape index (κ1) is 42.4. The van der Waals surface area contributed by atoms with Crippen molar-refractivity contribution in [3.8, 4) is 0 Å². The molecular formula is C42H55N9O6. The third-order valence-corrected chi connectivity index (χ3v) is 10.5. The zero-order chi connectivity index (χ0) is 41.8. The molecular weight excluding hydrogens is 727 g/mol. The topological polar surface area (TPSA) is 196 Å². The molecule has 2 aliphatic heterocycles. The molecule has 0 aliphatic carbocycles. The van der Waals surface area contributed by atoms with Crippen molar-refractivity contribution in [2.45, 2.75) is 112 Å². The van der Waals surface area contributed by atoms with E-state index in [0.717, 1.165) is 11.3 Å². The summed E-state index contributed by atoms with van der Waals surface area (Å²) < 4.78 is 0. The molecule has 4 heterocycles. The lowest BCUT2D eigenvalue weighted by Crippen LogP contribution is -2.61. The van der Waals surface area contributed by atoms with Gasteiger partial charge < -0.3 is 20.9 Å².